The van der Waals surface area contributed by atoms with Crippen molar-refractivity contribution in [3.05, 3.63) is 35.9 Å². The first-order valence-electron chi connectivity index (χ1n) is 6.85. The predicted molar refractivity (Wildman–Crippen MR) is 74.7 cm³/mol. The van der Waals surface area contributed by atoms with E-state index in [0.29, 0.717) is 0 Å². The molecule has 0 spiro atoms. The second-order valence-electron chi connectivity index (χ2n) is 5.07. The van der Waals surface area contributed by atoms with Gasteiger partial charge in [-0.1, -0.05) is 0 Å². The van der Waals surface area contributed by atoms with E-state index in [1.807, 2.05) is 24.3 Å². The molecule has 1 aromatic rings. The molecule has 0 aromatic heterocycles. The molecule has 4 nitrogen and oxygen atoms in total. The summed E-state index contributed by atoms with van der Waals surface area (Å²) in [7, 11) is 1.68. The molecular weight excluding hydrogens is 240 g/mol. The Morgan fingerprint density at radius 2 is 2.00 bits per heavy atom. The number of nitrogens with one attached hydrogen (secondary N) is 1. The zero-order valence-corrected chi connectivity index (χ0v) is 11.3. The first-order chi connectivity index (χ1) is 9.35. The van der Waals surface area contributed by atoms with Gasteiger partial charge in [0.1, 0.15) is 11.9 Å². The van der Waals surface area contributed by atoms with E-state index in [-0.39, 0.29) is 6.10 Å². The minimum Gasteiger partial charge on any atom is -0.497 e. The maximum absolute atomic E-state index is 5.62. The Balaban J connectivity index is 1.64. The second kappa shape index (κ2) is 5.63. The van der Waals surface area contributed by atoms with Crippen molar-refractivity contribution in [1.82, 2.24) is 10.4 Å². The number of rotatable bonds is 4. The average molecular weight is 260 g/mol. The first kappa shape index (κ1) is 12.5. The number of nitrogens with zero attached hydrogens (tertiary/aromatic N) is 1. The van der Waals surface area contributed by atoms with Crippen molar-refractivity contribution in [3.8, 4) is 5.75 Å². The van der Waals surface area contributed by atoms with E-state index in [1.54, 1.807) is 7.11 Å². The second-order valence-corrected chi connectivity index (χ2v) is 5.07. The van der Waals surface area contributed by atoms with Crippen LogP contribution in [0.1, 0.15) is 18.4 Å². The van der Waals surface area contributed by atoms with Crippen LogP contribution in [0.3, 0.4) is 0 Å². The highest BCUT2D eigenvalue weighted by atomic mass is 16.7. The van der Waals surface area contributed by atoms with Crippen molar-refractivity contribution in [3.63, 3.8) is 0 Å². The lowest BCUT2D eigenvalue weighted by atomic mass is 10.1. The fraction of sp³-hybridized carbons (Fsp3) is 0.467. The van der Waals surface area contributed by atoms with Gasteiger partial charge in [0.25, 0.3) is 0 Å². The smallest absolute Gasteiger partial charge is 0.118 e. The monoisotopic (exact) mass is 260 g/mol. The van der Waals surface area contributed by atoms with Crippen LogP contribution < -0.4 is 10.2 Å². The predicted octanol–water partition coefficient (Wildman–Crippen LogP) is 2.04. The molecule has 19 heavy (non-hydrogen) atoms. The van der Waals surface area contributed by atoms with Gasteiger partial charge in [-0.2, -0.15) is 0 Å². The molecule has 2 aliphatic rings. The molecule has 0 saturated carbocycles. The maximum atomic E-state index is 5.62. The van der Waals surface area contributed by atoms with Gasteiger partial charge in [0.15, 0.2) is 0 Å². The Bertz CT molecular complexity index is 450. The molecule has 1 N–H and O–H groups in total. The van der Waals surface area contributed by atoms with Crippen LogP contribution in [0.4, 0.5) is 0 Å². The summed E-state index contributed by atoms with van der Waals surface area (Å²) >= 11 is 0. The molecule has 0 amide bonds. The van der Waals surface area contributed by atoms with Crippen LogP contribution in [0, 0.1) is 0 Å². The molecule has 102 valence electrons. The minimum absolute atomic E-state index is 0.148. The van der Waals surface area contributed by atoms with E-state index in [0.717, 1.165) is 23.6 Å². The van der Waals surface area contributed by atoms with Crippen molar-refractivity contribution >= 4 is 5.70 Å². The van der Waals surface area contributed by atoms with E-state index >= 15 is 0 Å². The summed E-state index contributed by atoms with van der Waals surface area (Å²) in [4.78, 5) is 8.08. The highest BCUT2D eigenvalue weighted by molar-refractivity contribution is 5.65. The topological polar surface area (TPSA) is 33.7 Å². The number of ether oxygens (including phenoxy) is 1. The number of hydroxylamine groups is 1. The maximum Gasteiger partial charge on any atom is 0.118 e. The molecule has 1 fully saturated rings. The minimum atomic E-state index is 0.148. The van der Waals surface area contributed by atoms with E-state index in [4.69, 9.17) is 9.57 Å². The van der Waals surface area contributed by atoms with Crippen LogP contribution in [0.25, 0.3) is 5.70 Å². The van der Waals surface area contributed by atoms with Crippen molar-refractivity contribution in [1.29, 1.82) is 0 Å². The van der Waals surface area contributed by atoms with Crippen molar-refractivity contribution in [2.75, 3.05) is 26.7 Å². The Labute approximate surface area is 114 Å². The van der Waals surface area contributed by atoms with Crippen LogP contribution in [-0.2, 0) is 4.84 Å². The SMILES string of the molecule is COc1ccc(C2=CC(CN3CCCC3)ON2)cc1. The Hall–Kier alpha value is -1.52. The van der Waals surface area contributed by atoms with E-state index in [9.17, 15) is 0 Å². The number of methoxy groups -OCH3 is 1. The standard InChI is InChI=1S/C15H20N2O2/c1-18-13-6-4-12(5-7-13)15-10-14(19-16-15)11-17-8-2-3-9-17/h4-7,10,14,16H,2-3,8-9,11H2,1H3. The summed E-state index contributed by atoms with van der Waals surface area (Å²) in [5.74, 6) is 0.872. The summed E-state index contributed by atoms with van der Waals surface area (Å²) in [6.07, 6.45) is 4.94. The van der Waals surface area contributed by atoms with Gasteiger partial charge in [0, 0.05) is 6.54 Å². The van der Waals surface area contributed by atoms with Crippen LogP contribution in [0.15, 0.2) is 30.3 Å². The zero-order valence-electron chi connectivity index (χ0n) is 11.3. The van der Waals surface area contributed by atoms with Gasteiger partial charge in [-0.25, -0.2) is 0 Å². The van der Waals surface area contributed by atoms with Crippen LogP contribution >= 0.6 is 0 Å². The van der Waals surface area contributed by atoms with Crippen LogP contribution in [0.2, 0.25) is 0 Å². The Morgan fingerprint density at radius 3 is 2.68 bits per heavy atom. The van der Waals surface area contributed by atoms with Crippen molar-refractivity contribution < 1.29 is 9.57 Å². The third kappa shape index (κ3) is 2.91. The van der Waals surface area contributed by atoms with Gasteiger partial charge in [0.2, 0.25) is 0 Å². The molecule has 1 atom stereocenters. The summed E-state index contributed by atoms with van der Waals surface area (Å²) in [6.45, 7) is 3.38. The summed E-state index contributed by atoms with van der Waals surface area (Å²) < 4.78 is 5.16. The molecule has 1 unspecified atom stereocenters. The van der Waals surface area contributed by atoms with Gasteiger partial charge >= 0.3 is 0 Å². The fourth-order valence-electron chi connectivity index (χ4n) is 2.63. The van der Waals surface area contributed by atoms with Gasteiger partial charge in [-0.05, 0) is 61.8 Å². The van der Waals surface area contributed by atoms with Crippen LogP contribution in [0.5, 0.6) is 5.75 Å². The third-order valence-electron chi connectivity index (χ3n) is 3.71. The fourth-order valence-corrected chi connectivity index (χ4v) is 2.63. The quantitative estimate of drug-likeness (QED) is 0.898. The molecule has 0 radical (unpaired) electrons. The Kier molecular flexibility index (Phi) is 3.71. The van der Waals surface area contributed by atoms with Crippen molar-refractivity contribution in [2.24, 2.45) is 0 Å². The van der Waals surface area contributed by atoms with E-state index < -0.39 is 0 Å². The first-order valence-corrected chi connectivity index (χ1v) is 6.85. The highest BCUT2D eigenvalue weighted by Crippen LogP contribution is 2.22. The number of hydrogen-bond acceptors (Lipinski definition) is 4. The molecule has 2 aliphatic heterocycles. The van der Waals surface area contributed by atoms with E-state index in [1.165, 1.54) is 25.9 Å². The number of benzene rings is 1. The molecule has 0 bridgehead atoms. The normalized spacial score (nSPS) is 23.2. The lowest BCUT2D eigenvalue weighted by molar-refractivity contribution is 0.0327. The number of hydrogen-bond donors (Lipinski definition) is 1. The molecule has 0 aliphatic carbocycles. The largest absolute Gasteiger partial charge is 0.497 e. The van der Waals surface area contributed by atoms with Crippen molar-refractivity contribution in [2.45, 2.75) is 18.9 Å². The van der Waals surface area contributed by atoms with Gasteiger partial charge in [0.05, 0.1) is 12.8 Å². The number of likely N-dealkylation sites (tertiary alicyclic amines) is 1. The summed E-state index contributed by atoms with van der Waals surface area (Å²) in [5.41, 5.74) is 5.21. The summed E-state index contributed by atoms with van der Waals surface area (Å²) in [5, 5.41) is 0. The lowest BCUT2D eigenvalue weighted by Crippen LogP contribution is -2.30. The average Bonchev–Trinajstić information content (AvgIpc) is 3.11. The third-order valence-corrected chi connectivity index (χ3v) is 3.71. The van der Waals surface area contributed by atoms with Gasteiger partial charge in [-0.3, -0.25) is 10.3 Å². The van der Waals surface area contributed by atoms with Gasteiger partial charge < -0.3 is 9.64 Å². The molecule has 1 aromatic carbocycles. The molecule has 1 saturated heterocycles. The Morgan fingerprint density at radius 1 is 1.26 bits per heavy atom. The van der Waals surface area contributed by atoms with E-state index in [2.05, 4.69) is 16.5 Å². The highest BCUT2D eigenvalue weighted by Gasteiger charge is 2.22. The molecular formula is C15H20N2O2. The van der Waals surface area contributed by atoms with Gasteiger partial charge in [-0.15, -0.1) is 0 Å². The summed E-state index contributed by atoms with van der Waals surface area (Å²) in [6, 6.07) is 8.01. The molecule has 3 rings (SSSR count). The molecule has 2 heterocycles. The zero-order chi connectivity index (χ0) is 13.1. The van der Waals surface area contributed by atoms with Crippen LogP contribution in [-0.4, -0.2) is 37.7 Å². The molecule has 4 heteroatoms. The lowest BCUT2D eigenvalue weighted by Gasteiger charge is -2.17.